The van der Waals surface area contributed by atoms with Gasteiger partial charge in [0.2, 0.25) is 0 Å². The van der Waals surface area contributed by atoms with Crippen LogP contribution in [0.3, 0.4) is 0 Å². The maximum absolute atomic E-state index is 13.8. The molecular formula is C43H50N7O7P. The van der Waals surface area contributed by atoms with Gasteiger partial charge in [-0.05, 0) is 68.7 Å². The van der Waals surface area contributed by atoms with Crippen LogP contribution in [0.1, 0.15) is 69.0 Å². The highest BCUT2D eigenvalue weighted by molar-refractivity contribution is 7.44. The minimum absolute atomic E-state index is 0.0341. The number of rotatable bonds is 19. The highest BCUT2D eigenvalue weighted by Crippen LogP contribution is 2.50. The molecule has 58 heavy (non-hydrogen) atoms. The molecule has 3 aromatic carbocycles. The molecule has 3 heterocycles. The lowest BCUT2D eigenvalue weighted by Crippen LogP contribution is -2.39. The molecule has 1 fully saturated rings. The molecule has 0 radical (unpaired) electrons. The molecule has 14 nitrogen and oxygen atoms in total. The zero-order valence-electron chi connectivity index (χ0n) is 33.7. The molecule has 2 aromatic heterocycles. The molecule has 5 aromatic rings. The second-order valence-electron chi connectivity index (χ2n) is 14.1. The van der Waals surface area contributed by atoms with Crippen LogP contribution in [-0.2, 0) is 24.1 Å². The van der Waals surface area contributed by atoms with Crippen molar-refractivity contribution in [1.29, 1.82) is 5.26 Å². The quantitative estimate of drug-likeness (QED) is 0.0464. The number of ether oxygens (including phenoxy) is 4. The Labute approximate surface area is 340 Å². The van der Waals surface area contributed by atoms with E-state index < -0.39 is 38.3 Å². The predicted octanol–water partition coefficient (Wildman–Crippen LogP) is 7.44. The molecule has 0 bridgehead atoms. The average molecular weight is 808 g/mol. The molecule has 0 saturated carbocycles. The summed E-state index contributed by atoms with van der Waals surface area (Å²) < 4.78 is 43.6. The number of aromatic nitrogens is 5. The fourth-order valence-corrected chi connectivity index (χ4v) is 8.91. The van der Waals surface area contributed by atoms with Crippen LogP contribution in [0.2, 0.25) is 0 Å². The molecule has 0 aliphatic carbocycles. The normalized spacial score (nSPS) is 17.4. The predicted molar refractivity (Wildman–Crippen MR) is 220 cm³/mol. The van der Waals surface area contributed by atoms with Crippen molar-refractivity contribution in [2.75, 3.05) is 27.4 Å². The van der Waals surface area contributed by atoms with Gasteiger partial charge in [0.1, 0.15) is 42.1 Å². The molecule has 1 saturated heterocycles. The van der Waals surface area contributed by atoms with Gasteiger partial charge in [-0.2, -0.15) is 15.3 Å². The number of hydrogen-bond acceptors (Lipinski definition) is 12. The van der Waals surface area contributed by atoms with Crippen molar-refractivity contribution < 1.29 is 28.0 Å². The number of nitriles is 1. The van der Waals surface area contributed by atoms with Crippen LogP contribution in [0.25, 0.3) is 11.9 Å². The van der Waals surface area contributed by atoms with E-state index in [4.69, 9.17) is 28.0 Å². The number of hydrogen-bond donors (Lipinski definition) is 0. The summed E-state index contributed by atoms with van der Waals surface area (Å²) in [4.78, 5) is 22.2. The van der Waals surface area contributed by atoms with Crippen molar-refractivity contribution in [1.82, 2.24) is 29.0 Å². The molecule has 4 atom stereocenters. The van der Waals surface area contributed by atoms with Crippen LogP contribution in [0.4, 0.5) is 0 Å². The van der Waals surface area contributed by atoms with Gasteiger partial charge in [-0.1, -0.05) is 67.3 Å². The van der Waals surface area contributed by atoms with Gasteiger partial charge in [-0.25, -0.2) is 19.1 Å². The van der Waals surface area contributed by atoms with E-state index in [1.807, 2.05) is 78.9 Å². The van der Waals surface area contributed by atoms with E-state index in [0.29, 0.717) is 22.9 Å². The lowest BCUT2D eigenvalue weighted by atomic mass is 9.80. The minimum atomic E-state index is -1.69. The summed E-state index contributed by atoms with van der Waals surface area (Å²) in [5, 5.41) is 13.5. The molecule has 15 heteroatoms. The topological polar surface area (TPSA) is 148 Å². The van der Waals surface area contributed by atoms with Crippen LogP contribution >= 0.6 is 8.53 Å². The molecule has 304 valence electrons. The largest absolute Gasteiger partial charge is 0.497 e. The van der Waals surface area contributed by atoms with E-state index >= 15 is 0 Å². The van der Waals surface area contributed by atoms with Gasteiger partial charge in [-0.15, -0.1) is 0 Å². The molecular weight excluding hydrogens is 757 g/mol. The van der Waals surface area contributed by atoms with Gasteiger partial charge in [0.15, 0.2) is 5.82 Å². The van der Waals surface area contributed by atoms with Gasteiger partial charge in [0.05, 0.1) is 46.0 Å². The van der Waals surface area contributed by atoms with Crippen LogP contribution in [-0.4, -0.2) is 80.7 Å². The Morgan fingerprint density at radius 2 is 1.60 bits per heavy atom. The first-order valence-electron chi connectivity index (χ1n) is 19.1. The number of benzene rings is 3. The maximum atomic E-state index is 13.8. The molecule has 0 spiro atoms. The zero-order chi connectivity index (χ0) is 41.2. The molecule has 1 unspecified atom stereocenters. The zero-order valence-corrected chi connectivity index (χ0v) is 34.6. The van der Waals surface area contributed by atoms with E-state index in [9.17, 15) is 10.1 Å². The van der Waals surface area contributed by atoms with Crippen molar-refractivity contribution in [3.05, 3.63) is 137 Å². The molecule has 1 aliphatic rings. The van der Waals surface area contributed by atoms with Gasteiger partial charge in [0, 0.05) is 30.3 Å². The first-order chi connectivity index (χ1) is 28.1. The maximum Gasteiger partial charge on any atom is 0.351 e. The van der Waals surface area contributed by atoms with Crippen LogP contribution in [0.5, 0.6) is 11.5 Å². The van der Waals surface area contributed by atoms with Crippen molar-refractivity contribution >= 4 is 14.6 Å². The third kappa shape index (κ3) is 9.21. The summed E-state index contributed by atoms with van der Waals surface area (Å²) in [5.41, 5.74) is 1.45. The summed E-state index contributed by atoms with van der Waals surface area (Å²) in [6, 6.07) is 27.9. The Bertz CT molecular complexity index is 2120. The summed E-state index contributed by atoms with van der Waals surface area (Å²) in [7, 11) is 1.58. The number of methoxy groups -OCH3 is 2. The Balaban J connectivity index is 1.44. The number of nitrogens with zero attached hydrogens (tertiary/aromatic N) is 7. The van der Waals surface area contributed by atoms with Gasteiger partial charge in [-0.3, -0.25) is 4.57 Å². The van der Waals surface area contributed by atoms with Crippen molar-refractivity contribution in [3.63, 3.8) is 0 Å². The van der Waals surface area contributed by atoms with E-state index in [1.54, 1.807) is 26.5 Å². The fraction of sp³-hybridized carbons (Fsp3) is 0.372. The SMILES string of the molecule is C=Cc1cn([C@H]2C[C@H](OP(OCCC#N)N(C(C)C)C(C)C)[C@@H](COC(c3ccccc3)(c3ccc(OC)cc3)c3ccc(OC)cc3)O2)c(=O)nc1-n1cncn1. The highest BCUT2D eigenvalue weighted by atomic mass is 31.2. The van der Waals surface area contributed by atoms with E-state index in [1.165, 1.54) is 21.9 Å². The molecule has 6 rings (SSSR count). The summed E-state index contributed by atoms with van der Waals surface area (Å²) in [6.45, 7) is 12.5. The third-order valence-corrected chi connectivity index (χ3v) is 12.0. The van der Waals surface area contributed by atoms with Gasteiger partial charge >= 0.3 is 5.69 Å². The van der Waals surface area contributed by atoms with Crippen molar-refractivity contribution in [2.24, 2.45) is 0 Å². The second-order valence-corrected chi connectivity index (χ2v) is 15.5. The smallest absolute Gasteiger partial charge is 0.351 e. The highest BCUT2D eigenvalue weighted by Gasteiger charge is 2.45. The lowest BCUT2D eigenvalue weighted by molar-refractivity contribution is -0.0925. The molecule has 1 aliphatic heterocycles. The van der Waals surface area contributed by atoms with E-state index in [0.717, 1.165) is 16.7 Å². The summed E-state index contributed by atoms with van der Waals surface area (Å²) >= 11 is 0. The average Bonchev–Trinajstić information content (AvgIpc) is 3.92. The Kier molecular flexibility index (Phi) is 14.2. The second kappa shape index (κ2) is 19.5. The first kappa shape index (κ1) is 42.3. The molecule has 0 amide bonds. The monoisotopic (exact) mass is 807 g/mol. The first-order valence-corrected chi connectivity index (χ1v) is 20.3. The molecule has 0 N–H and O–H groups in total. The van der Waals surface area contributed by atoms with Crippen molar-refractivity contribution in [3.8, 4) is 23.4 Å². The van der Waals surface area contributed by atoms with E-state index in [2.05, 4.69) is 60.1 Å². The Morgan fingerprint density at radius 1 is 0.983 bits per heavy atom. The van der Waals surface area contributed by atoms with Crippen LogP contribution in [0.15, 0.2) is 109 Å². The summed E-state index contributed by atoms with van der Waals surface area (Å²) in [5.74, 6) is 1.70. The fourth-order valence-electron chi connectivity index (χ4n) is 7.15. The van der Waals surface area contributed by atoms with Gasteiger partial charge in [0.25, 0.3) is 8.53 Å². The lowest BCUT2D eigenvalue weighted by Gasteiger charge is -2.39. The summed E-state index contributed by atoms with van der Waals surface area (Å²) in [6.07, 6.45) is 4.46. The van der Waals surface area contributed by atoms with Crippen molar-refractivity contribution in [2.45, 2.75) is 76.7 Å². The van der Waals surface area contributed by atoms with Crippen LogP contribution in [0, 0.1) is 11.3 Å². The minimum Gasteiger partial charge on any atom is -0.497 e. The Hall–Kier alpha value is -5.26. The van der Waals surface area contributed by atoms with E-state index in [-0.39, 0.29) is 38.1 Å². The standard InChI is InChI=1S/C43H50N7O7P/c1-8-32-26-48(42(51)47-41(32)49-29-45-28-46-49)40-25-38(57-58(55-24-12-23-44)50(30(2)3)31(4)5)39(56-40)27-54-43(33-13-10-9-11-14-33,34-15-19-36(52-6)20-16-34)35-17-21-37(53-7)22-18-35/h8-11,13-22,26,28-31,38-40H,1,12,24-25,27H2,2-7H3/t38-,39+,40+,58?/m0/s1. The van der Waals surface area contributed by atoms with Crippen LogP contribution < -0.4 is 15.2 Å². The Morgan fingerprint density at radius 3 is 2.14 bits per heavy atom. The van der Waals surface area contributed by atoms with Gasteiger partial charge < -0.3 is 28.0 Å². The third-order valence-electron chi connectivity index (χ3n) is 9.83.